The summed E-state index contributed by atoms with van der Waals surface area (Å²) in [6, 6.07) is -0.529. The fourth-order valence-corrected chi connectivity index (χ4v) is 1.48. The van der Waals surface area contributed by atoms with Crippen molar-refractivity contribution >= 4 is 18.9 Å². The lowest BCUT2D eigenvalue weighted by Gasteiger charge is -2.37. The average molecular weight is 323 g/mol. The topological polar surface area (TPSA) is 73.6 Å². The highest BCUT2D eigenvalue weighted by molar-refractivity contribution is 6.46. The van der Waals surface area contributed by atoms with Crippen LogP contribution in [-0.4, -0.2) is 45.1 Å². The number of carbonyl (C=O) groups excluding carboxylic acids is 1. The van der Waals surface area contributed by atoms with Crippen molar-refractivity contribution in [3.05, 3.63) is 12.4 Å². The molecule has 1 N–H and O–H groups in total. The van der Waals surface area contributed by atoms with E-state index in [0.29, 0.717) is 5.46 Å². The molecule has 0 aliphatic heterocycles. The van der Waals surface area contributed by atoms with Crippen LogP contribution in [0, 0.1) is 0 Å². The highest BCUT2D eigenvalue weighted by Gasteiger charge is 2.36. The van der Waals surface area contributed by atoms with Crippen molar-refractivity contribution < 1.29 is 19.3 Å². The predicted octanol–water partition coefficient (Wildman–Crippen LogP) is 1.60. The summed E-state index contributed by atoms with van der Waals surface area (Å²) in [6.07, 6.45) is 3.30. The molecule has 23 heavy (non-hydrogen) atoms. The Morgan fingerprint density at radius 1 is 1.26 bits per heavy atom. The molecule has 6 nitrogen and oxygen atoms in total. The molecule has 0 saturated carbocycles. The van der Waals surface area contributed by atoms with Crippen LogP contribution in [-0.2, 0) is 14.2 Å². The summed E-state index contributed by atoms with van der Waals surface area (Å²) in [5.41, 5.74) is -1.58. The number of nitrogens with zero attached hydrogens (tertiary/aromatic N) is 2. The third kappa shape index (κ3) is 5.66. The van der Waals surface area contributed by atoms with Gasteiger partial charge in [0.2, 0.25) is 0 Å². The molecular formula is C16H28BN2O4. The van der Waals surface area contributed by atoms with Crippen molar-refractivity contribution in [3.8, 4) is 0 Å². The van der Waals surface area contributed by atoms with Crippen LogP contribution in [0.3, 0.4) is 0 Å². The van der Waals surface area contributed by atoms with Gasteiger partial charge in [0.05, 0.1) is 11.2 Å². The first-order valence-electron chi connectivity index (χ1n) is 7.73. The van der Waals surface area contributed by atoms with Crippen LogP contribution >= 0.6 is 0 Å². The highest BCUT2D eigenvalue weighted by Crippen LogP contribution is 2.24. The second kappa shape index (κ2) is 6.65. The molecule has 0 aliphatic carbocycles. The maximum atomic E-state index is 12.1. The highest BCUT2D eigenvalue weighted by atomic mass is 16.6. The first kappa shape index (κ1) is 19.7. The Hall–Kier alpha value is -1.34. The third-order valence-electron chi connectivity index (χ3n) is 3.73. The molecule has 129 valence electrons. The summed E-state index contributed by atoms with van der Waals surface area (Å²) in [4.78, 5) is 12.1. The van der Waals surface area contributed by atoms with Gasteiger partial charge in [0.25, 0.3) is 0 Å². The number of ether oxygens (including phenoxy) is 1. The Labute approximate surface area is 139 Å². The van der Waals surface area contributed by atoms with Gasteiger partial charge in [-0.05, 0) is 60.9 Å². The number of esters is 1. The molecule has 1 radical (unpaired) electrons. The van der Waals surface area contributed by atoms with E-state index in [1.165, 1.54) is 12.2 Å². The van der Waals surface area contributed by atoms with Gasteiger partial charge >= 0.3 is 13.5 Å². The van der Waals surface area contributed by atoms with E-state index in [0.717, 1.165) is 0 Å². The molecule has 1 rings (SSSR count). The summed E-state index contributed by atoms with van der Waals surface area (Å²) in [6.45, 7) is 14.2. The number of hydrogen-bond donors (Lipinski definition) is 1. The van der Waals surface area contributed by atoms with E-state index in [2.05, 4.69) is 5.10 Å². The van der Waals surface area contributed by atoms with Crippen molar-refractivity contribution in [3.63, 3.8) is 0 Å². The summed E-state index contributed by atoms with van der Waals surface area (Å²) in [5.74, 6) is -0.343. The maximum absolute atomic E-state index is 12.1. The minimum Gasteiger partial charge on any atom is -0.458 e. The number of aromatic nitrogens is 2. The molecule has 1 heterocycles. The second-order valence-electron chi connectivity index (χ2n) is 7.77. The quantitative estimate of drug-likeness (QED) is 0.636. The SMILES string of the molecule is CC(C(=O)OC(C)(C)C)n1cc([B]OC(C)(C)C(C)(C)O)cn1. The van der Waals surface area contributed by atoms with Gasteiger partial charge in [-0.25, -0.2) is 4.79 Å². The van der Waals surface area contributed by atoms with Crippen LogP contribution < -0.4 is 5.46 Å². The van der Waals surface area contributed by atoms with Gasteiger partial charge in [-0.3, -0.25) is 4.68 Å². The molecular weight excluding hydrogens is 295 g/mol. The fraction of sp³-hybridized carbons (Fsp3) is 0.750. The average Bonchev–Trinajstić information content (AvgIpc) is 2.80. The molecule has 1 atom stereocenters. The van der Waals surface area contributed by atoms with Gasteiger partial charge in [0.1, 0.15) is 11.6 Å². The van der Waals surface area contributed by atoms with Crippen LogP contribution in [0.2, 0.25) is 0 Å². The molecule has 1 aromatic heterocycles. The van der Waals surface area contributed by atoms with Gasteiger partial charge < -0.3 is 14.5 Å². The van der Waals surface area contributed by atoms with Gasteiger partial charge in [-0.1, -0.05) is 0 Å². The van der Waals surface area contributed by atoms with Crippen molar-refractivity contribution in [2.24, 2.45) is 0 Å². The van der Waals surface area contributed by atoms with Crippen molar-refractivity contribution in [1.82, 2.24) is 9.78 Å². The molecule has 0 bridgehead atoms. The summed E-state index contributed by atoms with van der Waals surface area (Å²) in [7, 11) is 1.53. The van der Waals surface area contributed by atoms with E-state index in [1.54, 1.807) is 47.0 Å². The summed E-state index contributed by atoms with van der Waals surface area (Å²) >= 11 is 0. The zero-order chi connectivity index (χ0) is 18.1. The van der Waals surface area contributed by atoms with Crippen LogP contribution in [0.5, 0.6) is 0 Å². The van der Waals surface area contributed by atoms with Crippen LogP contribution in [0.4, 0.5) is 0 Å². The standard InChI is InChI=1S/C16H28BN2O4/c1-11(13(20)22-14(2,3)4)19-10-12(9-18-19)17-23-16(7,8)15(5,6)21/h9-11,21H,1-8H3. The lowest BCUT2D eigenvalue weighted by molar-refractivity contribution is -0.158. The Balaban J connectivity index is 2.70. The monoisotopic (exact) mass is 323 g/mol. The maximum Gasteiger partial charge on any atom is 0.334 e. The smallest absolute Gasteiger partial charge is 0.334 e. The number of rotatable bonds is 6. The van der Waals surface area contributed by atoms with Crippen LogP contribution in [0.15, 0.2) is 12.4 Å². The Bertz CT molecular complexity index is 541. The van der Waals surface area contributed by atoms with Crippen LogP contribution in [0.1, 0.15) is 61.4 Å². The summed E-state index contributed by atoms with van der Waals surface area (Å²) in [5, 5.41) is 14.2. The predicted molar refractivity (Wildman–Crippen MR) is 89.6 cm³/mol. The zero-order valence-corrected chi connectivity index (χ0v) is 15.4. The van der Waals surface area contributed by atoms with Gasteiger partial charge in [0.15, 0.2) is 0 Å². The molecule has 0 aromatic carbocycles. The zero-order valence-electron chi connectivity index (χ0n) is 15.4. The van der Waals surface area contributed by atoms with E-state index < -0.39 is 22.8 Å². The molecule has 0 spiro atoms. The fourth-order valence-electron chi connectivity index (χ4n) is 1.48. The second-order valence-corrected chi connectivity index (χ2v) is 7.77. The van der Waals surface area contributed by atoms with E-state index >= 15 is 0 Å². The normalized spacial score (nSPS) is 14.5. The molecule has 1 unspecified atom stereocenters. The van der Waals surface area contributed by atoms with E-state index in [-0.39, 0.29) is 5.97 Å². The van der Waals surface area contributed by atoms with Gasteiger partial charge in [0, 0.05) is 12.4 Å². The summed E-state index contributed by atoms with van der Waals surface area (Å²) < 4.78 is 12.5. The number of aliphatic hydroxyl groups is 1. The lowest BCUT2D eigenvalue weighted by Crippen LogP contribution is -2.49. The Morgan fingerprint density at radius 3 is 2.30 bits per heavy atom. The van der Waals surface area contributed by atoms with Gasteiger partial charge in [-0.2, -0.15) is 5.10 Å². The first-order chi connectivity index (χ1) is 10.2. The minimum absolute atomic E-state index is 0.343. The molecule has 0 saturated heterocycles. The molecule has 7 heteroatoms. The number of carbonyl (C=O) groups is 1. The van der Waals surface area contributed by atoms with Crippen LogP contribution in [0.25, 0.3) is 0 Å². The minimum atomic E-state index is -0.997. The van der Waals surface area contributed by atoms with Crippen molar-refractivity contribution in [2.75, 3.05) is 0 Å². The molecule has 0 fully saturated rings. The van der Waals surface area contributed by atoms with E-state index in [9.17, 15) is 9.90 Å². The third-order valence-corrected chi connectivity index (χ3v) is 3.73. The Morgan fingerprint density at radius 2 is 1.83 bits per heavy atom. The lowest BCUT2D eigenvalue weighted by atomic mass is 9.84. The van der Waals surface area contributed by atoms with Crippen molar-refractivity contribution in [1.29, 1.82) is 0 Å². The van der Waals surface area contributed by atoms with Crippen molar-refractivity contribution in [2.45, 2.75) is 78.2 Å². The molecule has 1 aromatic rings. The molecule has 0 aliphatic rings. The van der Waals surface area contributed by atoms with E-state index in [4.69, 9.17) is 9.39 Å². The number of hydrogen-bond acceptors (Lipinski definition) is 5. The Kier molecular flexibility index (Phi) is 5.70. The van der Waals surface area contributed by atoms with E-state index in [1.807, 2.05) is 20.8 Å². The van der Waals surface area contributed by atoms with Gasteiger partial charge in [-0.15, -0.1) is 0 Å². The first-order valence-corrected chi connectivity index (χ1v) is 7.73. The molecule has 0 amide bonds. The largest absolute Gasteiger partial charge is 0.458 e.